The number of likely N-dealkylation sites (tertiary alicyclic amines) is 1. The minimum Gasteiger partial charge on any atom is -0.493 e. The van der Waals surface area contributed by atoms with E-state index in [-0.39, 0.29) is 30.1 Å². The third kappa shape index (κ3) is 5.19. The number of carbonyl (C=O) groups excluding carboxylic acids is 1. The molecule has 0 unspecified atom stereocenters. The normalized spacial score (nSPS) is 24.5. The van der Waals surface area contributed by atoms with Gasteiger partial charge in [0.1, 0.15) is 0 Å². The van der Waals surface area contributed by atoms with E-state index in [1.165, 1.54) is 17.7 Å². The van der Waals surface area contributed by atoms with Crippen LogP contribution < -0.4 is 20.1 Å². The summed E-state index contributed by atoms with van der Waals surface area (Å²) >= 11 is 0. The van der Waals surface area contributed by atoms with Gasteiger partial charge in [0.15, 0.2) is 11.5 Å². The lowest BCUT2D eigenvalue weighted by Crippen LogP contribution is -2.53. The van der Waals surface area contributed by atoms with Crippen LogP contribution in [0.1, 0.15) is 42.4 Å². The number of hydrogen-bond donors (Lipinski definition) is 2. The highest BCUT2D eigenvalue weighted by Gasteiger charge is 2.50. The van der Waals surface area contributed by atoms with Gasteiger partial charge in [0.2, 0.25) is 0 Å². The lowest BCUT2D eigenvalue weighted by Gasteiger charge is -2.45. The minimum atomic E-state index is -4.37. The molecule has 0 radical (unpaired) electrons. The maximum absolute atomic E-state index is 12.7. The Labute approximate surface area is 203 Å². The molecule has 0 aromatic heterocycles. The smallest absolute Gasteiger partial charge is 0.416 e. The summed E-state index contributed by atoms with van der Waals surface area (Å²) in [5, 5.41) is 5.83. The van der Waals surface area contributed by atoms with E-state index in [1.54, 1.807) is 14.2 Å². The number of halogens is 3. The van der Waals surface area contributed by atoms with Crippen molar-refractivity contribution in [1.82, 2.24) is 15.5 Å². The van der Waals surface area contributed by atoms with Gasteiger partial charge in [-0.15, -0.1) is 0 Å². The monoisotopic (exact) mass is 491 g/mol. The Morgan fingerprint density at radius 2 is 1.80 bits per heavy atom. The lowest BCUT2D eigenvalue weighted by molar-refractivity contribution is -0.137. The van der Waals surface area contributed by atoms with Gasteiger partial charge in [-0.2, -0.15) is 13.2 Å². The van der Waals surface area contributed by atoms with Crippen LogP contribution in [0.2, 0.25) is 0 Å². The van der Waals surface area contributed by atoms with E-state index < -0.39 is 11.7 Å². The van der Waals surface area contributed by atoms with Crippen LogP contribution in [0.4, 0.5) is 18.0 Å². The number of carbonyl (C=O) groups is 1. The van der Waals surface area contributed by atoms with Crippen molar-refractivity contribution in [2.75, 3.05) is 27.8 Å². The van der Waals surface area contributed by atoms with Gasteiger partial charge in [-0.25, -0.2) is 4.79 Å². The minimum absolute atomic E-state index is 0.0107. The van der Waals surface area contributed by atoms with Crippen molar-refractivity contribution in [3.8, 4) is 11.5 Å². The van der Waals surface area contributed by atoms with Crippen LogP contribution in [0.5, 0.6) is 11.5 Å². The molecule has 1 saturated carbocycles. The Morgan fingerprint density at radius 3 is 2.46 bits per heavy atom. The maximum atomic E-state index is 12.7. The standard InChI is InChI=1S/C26H32F3N3O3/c1-32-13-12-25(19-8-9-21(34-2)22(14-19)35-3)11-10-20(15-23(25)32)31-24(33)30-16-17-4-6-18(7-5-17)26(27,28)29/h4-9,14,20,23H,10-13,15-16H2,1-3H3,(H2,30,31,33)/t20-,23+,25+/m1/s1. The van der Waals surface area contributed by atoms with Crippen molar-refractivity contribution in [3.05, 3.63) is 59.2 Å². The molecule has 0 bridgehead atoms. The molecule has 1 heterocycles. The summed E-state index contributed by atoms with van der Waals surface area (Å²) in [6.45, 7) is 1.14. The molecule has 2 fully saturated rings. The number of ether oxygens (including phenoxy) is 2. The van der Waals surface area contributed by atoms with Crippen LogP contribution in [0, 0.1) is 0 Å². The molecular weight excluding hydrogens is 459 g/mol. The van der Waals surface area contributed by atoms with Crippen LogP contribution in [0.25, 0.3) is 0 Å². The first kappa shape index (κ1) is 25.2. The zero-order valence-corrected chi connectivity index (χ0v) is 20.2. The van der Waals surface area contributed by atoms with Gasteiger partial charge in [0.25, 0.3) is 0 Å². The van der Waals surface area contributed by atoms with Gasteiger partial charge < -0.3 is 25.0 Å². The van der Waals surface area contributed by atoms with Crippen LogP contribution in [-0.2, 0) is 18.1 Å². The molecule has 2 aromatic rings. The quantitative estimate of drug-likeness (QED) is 0.614. The van der Waals surface area contributed by atoms with E-state index >= 15 is 0 Å². The first-order valence-corrected chi connectivity index (χ1v) is 11.8. The fraction of sp³-hybridized carbons (Fsp3) is 0.500. The predicted octanol–water partition coefficient (Wildman–Crippen LogP) is 4.72. The second kappa shape index (κ2) is 9.97. The second-order valence-electron chi connectivity index (χ2n) is 9.47. The van der Waals surface area contributed by atoms with E-state index in [0.29, 0.717) is 11.3 Å². The number of alkyl halides is 3. The van der Waals surface area contributed by atoms with E-state index in [9.17, 15) is 18.0 Å². The fourth-order valence-electron chi connectivity index (χ4n) is 5.62. The first-order chi connectivity index (χ1) is 16.7. The zero-order valence-electron chi connectivity index (χ0n) is 20.2. The summed E-state index contributed by atoms with van der Waals surface area (Å²) in [4.78, 5) is 14.9. The van der Waals surface area contributed by atoms with Gasteiger partial charge in [-0.1, -0.05) is 18.2 Å². The lowest BCUT2D eigenvalue weighted by atomic mass is 9.65. The van der Waals surface area contributed by atoms with E-state index in [1.807, 2.05) is 6.07 Å². The summed E-state index contributed by atoms with van der Waals surface area (Å²) in [6, 6.07) is 11.0. The molecule has 4 rings (SSSR count). The van der Waals surface area contributed by atoms with E-state index in [4.69, 9.17) is 9.47 Å². The predicted molar refractivity (Wildman–Crippen MR) is 127 cm³/mol. The molecule has 1 aliphatic carbocycles. The van der Waals surface area contributed by atoms with E-state index in [0.717, 1.165) is 50.1 Å². The number of hydrogen-bond acceptors (Lipinski definition) is 4. The van der Waals surface area contributed by atoms with E-state index in [2.05, 4.69) is 34.7 Å². The number of nitrogens with zero attached hydrogens (tertiary/aromatic N) is 1. The fourth-order valence-corrected chi connectivity index (χ4v) is 5.62. The number of fused-ring (bicyclic) bond motifs is 1. The van der Waals surface area contributed by atoms with Crippen molar-refractivity contribution >= 4 is 6.03 Å². The molecule has 35 heavy (non-hydrogen) atoms. The summed E-state index contributed by atoms with van der Waals surface area (Å²) in [7, 11) is 5.39. The molecule has 2 N–H and O–H groups in total. The first-order valence-electron chi connectivity index (χ1n) is 11.8. The number of benzene rings is 2. The molecule has 190 valence electrons. The van der Waals surface area contributed by atoms with Gasteiger partial charge in [-0.05, 0) is 74.7 Å². The largest absolute Gasteiger partial charge is 0.493 e. The third-order valence-corrected chi connectivity index (χ3v) is 7.56. The Hall–Kier alpha value is -2.94. The zero-order chi connectivity index (χ0) is 25.2. The Kier molecular flexibility index (Phi) is 7.17. The van der Waals surface area contributed by atoms with Crippen LogP contribution in [-0.4, -0.2) is 50.8 Å². The average molecular weight is 492 g/mol. The topological polar surface area (TPSA) is 62.8 Å². The van der Waals surface area contributed by atoms with Crippen molar-refractivity contribution < 1.29 is 27.4 Å². The summed E-state index contributed by atoms with van der Waals surface area (Å²) < 4.78 is 49.1. The molecular formula is C26H32F3N3O3. The molecule has 2 aliphatic rings. The SMILES string of the molecule is COc1ccc([C@@]23CC[C@@H](NC(=O)NCc4ccc(C(F)(F)F)cc4)C[C@@H]2N(C)CC3)cc1OC. The van der Waals surface area contributed by atoms with Crippen molar-refractivity contribution in [1.29, 1.82) is 0 Å². The molecule has 3 atom stereocenters. The molecule has 2 amide bonds. The molecule has 9 heteroatoms. The highest BCUT2D eigenvalue weighted by atomic mass is 19.4. The molecule has 6 nitrogen and oxygen atoms in total. The van der Waals surface area contributed by atoms with Crippen molar-refractivity contribution in [3.63, 3.8) is 0 Å². The average Bonchev–Trinajstić information content (AvgIpc) is 3.19. The Bertz CT molecular complexity index is 1040. The van der Waals surface area contributed by atoms with Crippen LogP contribution in [0.15, 0.2) is 42.5 Å². The highest BCUT2D eigenvalue weighted by Crippen LogP contribution is 2.49. The molecule has 1 saturated heterocycles. The van der Waals surface area contributed by atoms with Gasteiger partial charge in [0.05, 0.1) is 19.8 Å². The number of nitrogens with one attached hydrogen (secondary N) is 2. The highest BCUT2D eigenvalue weighted by molar-refractivity contribution is 5.74. The number of amides is 2. The van der Waals surface area contributed by atoms with Gasteiger partial charge in [-0.3, -0.25) is 0 Å². The number of methoxy groups -OCH3 is 2. The summed E-state index contributed by atoms with van der Waals surface area (Å²) in [5.41, 5.74) is 1.13. The third-order valence-electron chi connectivity index (χ3n) is 7.56. The van der Waals surface area contributed by atoms with Crippen LogP contribution >= 0.6 is 0 Å². The number of likely N-dealkylation sites (N-methyl/N-ethyl adjacent to an activating group) is 1. The molecule has 0 spiro atoms. The van der Waals surface area contributed by atoms with Crippen molar-refractivity contribution in [2.24, 2.45) is 0 Å². The summed E-state index contributed by atoms with van der Waals surface area (Å²) in [6.07, 6.45) is -0.743. The number of urea groups is 1. The Balaban J connectivity index is 1.38. The van der Waals surface area contributed by atoms with Crippen molar-refractivity contribution in [2.45, 2.75) is 55.9 Å². The second-order valence-corrected chi connectivity index (χ2v) is 9.47. The van der Waals surface area contributed by atoms with Crippen LogP contribution in [0.3, 0.4) is 0 Å². The Morgan fingerprint density at radius 1 is 1.09 bits per heavy atom. The number of rotatable bonds is 6. The van der Waals surface area contributed by atoms with Gasteiger partial charge in [0, 0.05) is 24.0 Å². The maximum Gasteiger partial charge on any atom is 0.416 e. The molecule has 1 aliphatic heterocycles. The summed E-state index contributed by atoms with van der Waals surface area (Å²) in [5.74, 6) is 1.42. The van der Waals surface area contributed by atoms with Gasteiger partial charge >= 0.3 is 12.2 Å². The molecule has 2 aromatic carbocycles.